The van der Waals surface area contributed by atoms with E-state index in [4.69, 9.17) is 0 Å². The second-order valence-electron chi connectivity index (χ2n) is 5.65. The number of rotatable bonds is 1. The molecule has 20 heavy (non-hydrogen) atoms. The van der Waals surface area contributed by atoms with Gasteiger partial charge >= 0.3 is 0 Å². The molecule has 0 aromatic heterocycles. The summed E-state index contributed by atoms with van der Waals surface area (Å²) in [7, 11) is 0. The van der Waals surface area contributed by atoms with Crippen LogP contribution in [-0.4, -0.2) is 34.7 Å². The molecule has 1 aliphatic heterocycles. The number of piperazine rings is 1. The fourth-order valence-electron chi connectivity index (χ4n) is 2.22. The first-order valence-corrected chi connectivity index (χ1v) is 6.47. The Kier molecular flexibility index (Phi) is 3.38. The van der Waals surface area contributed by atoms with Gasteiger partial charge in [0.15, 0.2) is 0 Å². The summed E-state index contributed by atoms with van der Waals surface area (Å²) in [4.78, 5) is 37.4. The third-order valence-electron chi connectivity index (χ3n) is 3.65. The topological polar surface area (TPSA) is 66.5 Å². The predicted octanol–water partition coefficient (Wildman–Crippen LogP) is 1.18. The van der Waals surface area contributed by atoms with Gasteiger partial charge in [0.25, 0.3) is 11.8 Å². The zero-order valence-corrected chi connectivity index (χ0v) is 12.1. The van der Waals surface area contributed by atoms with Crippen LogP contribution in [0.3, 0.4) is 0 Å². The molecule has 1 aliphatic rings. The van der Waals surface area contributed by atoms with Crippen molar-refractivity contribution in [3.63, 3.8) is 0 Å². The van der Waals surface area contributed by atoms with Crippen LogP contribution >= 0.6 is 0 Å². The van der Waals surface area contributed by atoms with E-state index < -0.39 is 17.4 Å². The standard InChI is InChI=1S/C15H18N2O3/c1-9-5-6-10(2)11(7-9)13(19)17-8-12(18)16-14(20)15(17,3)4/h5-7H,8H2,1-4H3,(H,16,18,20). The Balaban J connectivity index is 2.43. The third kappa shape index (κ3) is 2.31. The number of aryl methyl sites for hydroxylation is 2. The summed E-state index contributed by atoms with van der Waals surface area (Å²) < 4.78 is 0. The molecule has 0 atom stereocenters. The van der Waals surface area contributed by atoms with E-state index >= 15 is 0 Å². The molecule has 0 radical (unpaired) electrons. The molecule has 1 aromatic rings. The molecule has 0 bridgehead atoms. The SMILES string of the molecule is Cc1ccc(C)c(C(=O)N2CC(=O)NC(=O)C2(C)C)c1. The van der Waals surface area contributed by atoms with Crippen LogP contribution in [0, 0.1) is 13.8 Å². The van der Waals surface area contributed by atoms with Crippen LogP contribution in [0.25, 0.3) is 0 Å². The lowest BCUT2D eigenvalue weighted by atomic mass is 9.96. The molecule has 5 nitrogen and oxygen atoms in total. The van der Waals surface area contributed by atoms with Gasteiger partial charge in [-0.05, 0) is 39.3 Å². The lowest BCUT2D eigenvalue weighted by Gasteiger charge is -2.40. The zero-order valence-electron chi connectivity index (χ0n) is 12.1. The van der Waals surface area contributed by atoms with Crippen molar-refractivity contribution >= 4 is 17.7 Å². The largest absolute Gasteiger partial charge is 0.315 e. The number of hydrogen-bond donors (Lipinski definition) is 1. The smallest absolute Gasteiger partial charge is 0.255 e. The van der Waals surface area contributed by atoms with Gasteiger partial charge in [-0.1, -0.05) is 17.7 Å². The van der Waals surface area contributed by atoms with Crippen LogP contribution in [0.1, 0.15) is 35.3 Å². The Labute approximate surface area is 118 Å². The van der Waals surface area contributed by atoms with Crippen molar-refractivity contribution in [2.45, 2.75) is 33.2 Å². The van der Waals surface area contributed by atoms with Gasteiger partial charge in [-0.25, -0.2) is 0 Å². The number of carbonyl (C=O) groups is 3. The average molecular weight is 274 g/mol. The molecule has 1 heterocycles. The van der Waals surface area contributed by atoms with Crippen LogP contribution in [0.5, 0.6) is 0 Å². The molecule has 1 N–H and O–H groups in total. The molecule has 0 spiro atoms. The maximum absolute atomic E-state index is 12.7. The van der Waals surface area contributed by atoms with Gasteiger partial charge in [-0.3, -0.25) is 19.7 Å². The normalized spacial score (nSPS) is 17.9. The first-order chi connectivity index (χ1) is 9.23. The molecule has 2 rings (SSSR count). The molecule has 1 aromatic carbocycles. The summed E-state index contributed by atoms with van der Waals surface area (Å²) in [5.41, 5.74) is 1.28. The molecule has 1 fully saturated rings. The van der Waals surface area contributed by atoms with E-state index in [0.717, 1.165) is 11.1 Å². The van der Waals surface area contributed by atoms with Crippen molar-refractivity contribution in [1.82, 2.24) is 10.2 Å². The maximum Gasteiger partial charge on any atom is 0.255 e. The Hall–Kier alpha value is -2.17. The van der Waals surface area contributed by atoms with Gasteiger partial charge in [-0.15, -0.1) is 0 Å². The zero-order chi connectivity index (χ0) is 15.1. The van der Waals surface area contributed by atoms with E-state index in [1.54, 1.807) is 19.9 Å². The quantitative estimate of drug-likeness (QED) is 0.782. The first kappa shape index (κ1) is 14.2. The van der Waals surface area contributed by atoms with Crippen molar-refractivity contribution in [2.24, 2.45) is 0 Å². The van der Waals surface area contributed by atoms with Crippen molar-refractivity contribution in [3.05, 3.63) is 34.9 Å². The second kappa shape index (κ2) is 4.74. The minimum Gasteiger partial charge on any atom is -0.315 e. The molecular weight excluding hydrogens is 256 g/mol. The highest BCUT2D eigenvalue weighted by Crippen LogP contribution is 2.23. The van der Waals surface area contributed by atoms with Gasteiger partial charge in [-0.2, -0.15) is 0 Å². The molecule has 1 saturated heterocycles. The predicted molar refractivity (Wildman–Crippen MR) is 74.2 cm³/mol. The summed E-state index contributed by atoms with van der Waals surface area (Å²) in [5.74, 6) is -1.19. The highest BCUT2D eigenvalue weighted by atomic mass is 16.2. The minimum atomic E-state index is -1.04. The van der Waals surface area contributed by atoms with E-state index in [9.17, 15) is 14.4 Å². The van der Waals surface area contributed by atoms with Gasteiger partial charge < -0.3 is 4.90 Å². The molecule has 106 valence electrons. The van der Waals surface area contributed by atoms with Gasteiger partial charge in [0, 0.05) is 5.56 Å². The monoisotopic (exact) mass is 274 g/mol. The Morgan fingerprint density at radius 3 is 2.55 bits per heavy atom. The highest BCUT2D eigenvalue weighted by Gasteiger charge is 2.43. The van der Waals surface area contributed by atoms with Crippen molar-refractivity contribution in [1.29, 1.82) is 0 Å². The molecule has 3 amide bonds. The number of benzene rings is 1. The van der Waals surface area contributed by atoms with Crippen molar-refractivity contribution in [2.75, 3.05) is 6.54 Å². The van der Waals surface area contributed by atoms with E-state index in [1.807, 2.05) is 26.0 Å². The van der Waals surface area contributed by atoms with Crippen molar-refractivity contribution < 1.29 is 14.4 Å². The molecule has 0 aliphatic carbocycles. The Morgan fingerprint density at radius 1 is 1.25 bits per heavy atom. The molecule has 0 saturated carbocycles. The van der Waals surface area contributed by atoms with E-state index in [1.165, 1.54) is 4.90 Å². The molecular formula is C15H18N2O3. The van der Waals surface area contributed by atoms with Gasteiger partial charge in [0.05, 0.1) is 0 Å². The summed E-state index contributed by atoms with van der Waals surface area (Å²) >= 11 is 0. The number of amides is 3. The number of nitrogens with zero attached hydrogens (tertiary/aromatic N) is 1. The van der Waals surface area contributed by atoms with Crippen molar-refractivity contribution in [3.8, 4) is 0 Å². The van der Waals surface area contributed by atoms with Crippen LogP contribution < -0.4 is 5.32 Å². The number of carbonyl (C=O) groups excluding carboxylic acids is 3. The van der Waals surface area contributed by atoms with E-state index in [-0.39, 0.29) is 12.5 Å². The number of imide groups is 1. The highest BCUT2D eigenvalue weighted by molar-refractivity contribution is 6.09. The van der Waals surface area contributed by atoms with Crippen LogP contribution in [0.15, 0.2) is 18.2 Å². The van der Waals surface area contributed by atoms with Crippen LogP contribution in [-0.2, 0) is 9.59 Å². The molecule has 5 heteroatoms. The van der Waals surface area contributed by atoms with E-state index in [2.05, 4.69) is 5.32 Å². The average Bonchev–Trinajstić information content (AvgIpc) is 2.36. The summed E-state index contributed by atoms with van der Waals surface area (Å²) in [5, 5.41) is 2.26. The van der Waals surface area contributed by atoms with Gasteiger partial charge in [0.2, 0.25) is 5.91 Å². The maximum atomic E-state index is 12.7. The summed E-state index contributed by atoms with van der Waals surface area (Å²) in [6.45, 7) is 6.90. The summed E-state index contributed by atoms with van der Waals surface area (Å²) in [6, 6.07) is 5.57. The Morgan fingerprint density at radius 2 is 1.90 bits per heavy atom. The lowest BCUT2D eigenvalue weighted by Crippen LogP contribution is -2.65. The Bertz CT molecular complexity index is 605. The van der Waals surface area contributed by atoms with E-state index in [0.29, 0.717) is 5.56 Å². The van der Waals surface area contributed by atoms with Crippen LogP contribution in [0.2, 0.25) is 0 Å². The number of nitrogens with one attached hydrogen (secondary N) is 1. The summed E-state index contributed by atoms with van der Waals surface area (Å²) in [6.07, 6.45) is 0. The van der Waals surface area contributed by atoms with Crippen LogP contribution in [0.4, 0.5) is 0 Å². The fraction of sp³-hybridized carbons (Fsp3) is 0.400. The van der Waals surface area contributed by atoms with Gasteiger partial charge in [0.1, 0.15) is 12.1 Å². The third-order valence-corrected chi connectivity index (χ3v) is 3.65. The first-order valence-electron chi connectivity index (χ1n) is 6.47. The lowest BCUT2D eigenvalue weighted by molar-refractivity contribution is -0.143. The second-order valence-corrected chi connectivity index (χ2v) is 5.65. The molecule has 0 unspecified atom stereocenters. The fourth-order valence-corrected chi connectivity index (χ4v) is 2.22. The minimum absolute atomic E-state index is 0.106. The number of hydrogen-bond acceptors (Lipinski definition) is 3.